The van der Waals surface area contributed by atoms with Crippen molar-refractivity contribution in [2.75, 3.05) is 13.2 Å². The van der Waals surface area contributed by atoms with Crippen molar-refractivity contribution >= 4 is 12.3 Å². The molecule has 0 saturated carbocycles. The average Bonchev–Trinajstić information content (AvgIpc) is 2.77. The highest BCUT2D eigenvalue weighted by molar-refractivity contribution is 5.63. The maximum atomic E-state index is 13.9. The van der Waals surface area contributed by atoms with Gasteiger partial charge in [0.15, 0.2) is 0 Å². The van der Waals surface area contributed by atoms with Crippen LogP contribution in [0.2, 0.25) is 0 Å². The summed E-state index contributed by atoms with van der Waals surface area (Å²) >= 11 is 0. The van der Waals surface area contributed by atoms with Gasteiger partial charge < -0.3 is 24.3 Å². The Kier molecular flexibility index (Phi) is 10.1. The molecule has 190 valence electrons. The number of carbonyl (C=O) groups is 2. The molecule has 0 bridgehead atoms. The first-order chi connectivity index (χ1) is 16.1. The van der Waals surface area contributed by atoms with Gasteiger partial charge in [0.2, 0.25) is 0 Å². The first-order valence-electron chi connectivity index (χ1n) is 11.4. The van der Waals surface area contributed by atoms with Crippen molar-refractivity contribution in [1.29, 1.82) is 0 Å². The molecule has 0 saturated heterocycles. The molecule has 1 aromatic rings. The summed E-state index contributed by atoms with van der Waals surface area (Å²) in [5.74, 6) is -1.34. The molecular weight excluding hydrogens is 455 g/mol. The lowest BCUT2D eigenvalue weighted by atomic mass is 9.82. The number of unbranched alkanes of at least 4 members (excludes halogenated alkanes) is 2. The van der Waals surface area contributed by atoms with Crippen molar-refractivity contribution in [2.24, 2.45) is 0 Å². The molecule has 7 nitrogen and oxygen atoms in total. The second-order valence-corrected chi connectivity index (χ2v) is 8.07. The first kappa shape index (κ1) is 27.3. The number of halogens is 3. The Morgan fingerprint density at radius 1 is 1.00 bits per heavy atom. The number of hydrogen-bond acceptors (Lipinski definition) is 7. The lowest BCUT2D eigenvalue weighted by Gasteiger charge is -2.39. The van der Waals surface area contributed by atoms with Crippen LogP contribution in [-0.4, -0.2) is 37.7 Å². The monoisotopic (exact) mass is 487 g/mol. The van der Waals surface area contributed by atoms with Crippen LogP contribution in [-0.2, 0) is 25.1 Å². The largest absolute Gasteiger partial charge is 0.513 e. The fraction of sp³-hybridized carbons (Fsp3) is 0.583. The highest BCUT2D eigenvalue weighted by Crippen LogP contribution is 2.43. The van der Waals surface area contributed by atoms with Crippen molar-refractivity contribution in [3.8, 4) is 0 Å². The van der Waals surface area contributed by atoms with Crippen LogP contribution in [0.4, 0.5) is 22.8 Å². The van der Waals surface area contributed by atoms with Gasteiger partial charge in [0.25, 0.3) is 0 Å². The van der Waals surface area contributed by atoms with Crippen molar-refractivity contribution < 1.29 is 41.7 Å². The van der Waals surface area contributed by atoms with Gasteiger partial charge in [-0.05, 0) is 38.3 Å². The maximum absolute atomic E-state index is 13.9. The van der Waals surface area contributed by atoms with E-state index in [1.54, 1.807) is 13.8 Å². The third-order valence-corrected chi connectivity index (χ3v) is 5.38. The Hall–Kier alpha value is -2.91. The van der Waals surface area contributed by atoms with Crippen LogP contribution in [0.25, 0.3) is 0 Å². The van der Waals surface area contributed by atoms with E-state index in [1.165, 1.54) is 18.2 Å². The molecule has 1 aromatic carbocycles. The van der Waals surface area contributed by atoms with Crippen molar-refractivity contribution in [2.45, 2.75) is 77.6 Å². The topological polar surface area (TPSA) is 83.1 Å². The zero-order valence-electron chi connectivity index (χ0n) is 19.9. The molecule has 1 aliphatic heterocycles. The Morgan fingerprint density at radius 2 is 1.59 bits per heavy atom. The van der Waals surface area contributed by atoms with E-state index in [-0.39, 0.29) is 24.5 Å². The normalized spacial score (nSPS) is 20.4. The van der Waals surface area contributed by atoms with E-state index in [0.717, 1.165) is 18.9 Å². The molecule has 2 rings (SSSR count). The molecule has 1 heterocycles. The third-order valence-electron chi connectivity index (χ3n) is 5.38. The van der Waals surface area contributed by atoms with E-state index in [2.05, 4.69) is 5.32 Å². The quantitative estimate of drug-likeness (QED) is 0.324. The minimum atomic E-state index is -4.68. The van der Waals surface area contributed by atoms with E-state index in [1.807, 2.05) is 13.8 Å². The molecule has 1 aliphatic rings. The second kappa shape index (κ2) is 12.5. The van der Waals surface area contributed by atoms with Crippen LogP contribution in [0.3, 0.4) is 0 Å². The molecule has 10 heteroatoms. The molecule has 34 heavy (non-hydrogen) atoms. The number of hydrogen-bond donors (Lipinski definition) is 1. The van der Waals surface area contributed by atoms with Gasteiger partial charge in [0, 0.05) is 5.70 Å². The molecular formula is C24H32F3NO6. The van der Waals surface area contributed by atoms with E-state index in [0.29, 0.717) is 18.5 Å². The maximum Gasteiger partial charge on any atom is 0.513 e. The molecule has 3 unspecified atom stereocenters. The van der Waals surface area contributed by atoms with Crippen LogP contribution < -0.4 is 5.32 Å². The first-order valence-corrected chi connectivity index (χ1v) is 11.4. The number of carbonyl (C=O) groups excluding carboxylic acids is 2. The van der Waals surface area contributed by atoms with E-state index >= 15 is 0 Å². The summed E-state index contributed by atoms with van der Waals surface area (Å²) in [6, 6.07) is 4.32. The Balaban J connectivity index is 2.47. The zero-order chi connectivity index (χ0) is 25.3. The molecule has 3 atom stereocenters. The summed E-state index contributed by atoms with van der Waals surface area (Å²) in [5.41, 5.74) is -0.776. The minimum absolute atomic E-state index is 0.109. The molecule has 0 fully saturated rings. The van der Waals surface area contributed by atoms with Crippen LogP contribution in [0.15, 0.2) is 35.7 Å². The van der Waals surface area contributed by atoms with Crippen molar-refractivity contribution in [3.63, 3.8) is 0 Å². The van der Waals surface area contributed by atoms with Crippen LogP contribution in [0, 0.1) is 0 Å². The molecule has 0 aromatic heterocycles. The molecule has 0 radical (unpaired) electrons. The van der Waals surface area contributed by atoms with Crippen LogP contribution in [0.1, 0.15) is 70.4 Å². The van der Waals surface area contributed by atoms with Crippen LogP contribution in [0.5, 0.6) is 0 Å². The van der Waals surface area contributed by atoms with Crippen molar-refractivity contribution in [1.82, 2.24) is 5.32 Å². The summed E-state index contributed by atoms with van der Waals surface area (Å²) in [5, 5.41) is 3.02. The van der Waals surface area contributed by atoms with Crippen molar-refractivity contribution in [3.05, 3.63) is 46.8 Å². The Morgan fingerprint density at radius 3 is 2.18 bits per heavy atom. The van der Waals surface area contributed by atoms with E-state index in [4.69, 9.17) is 18.9 Å². The standard InChI is InChI=1S/C24H32F3NO6/c1-5-7-13-31-22(29)33-20-15(3)28-16(4)21(34-23(30)32-14-8-6-2)19(20)17-11-9-10-12-18(17)24(25,26)27/h9-12,15,19-20,28H,5-8,13-14H2,1-4H3. The summed E-state index contributed by atoms with van der Waals surface area (Å²) < 4.78 is 62.7. The van der Waals surface area contributed by atoms with Crippen LogP contribution >= 0.6 is 0 Å². The molecule has 0 spiro atoms. The fourth-order valence-corrected chi connectivity index (χ4v) is 3.68. The average molecular weight is 488 g/mol. The minimum Gasteiger partial charge on any atom is -0.434 e. The molecule has 1 N–H and O–H groups in total. The highest BCUT2D eigenvalue weighted by atomic mass is 19.4. The SMILES string of the molecule is CCCCOC(=O)OC1=C(C)NC(C)C(OC(=O)OCCCC)C1c1ccccc1C(F)(F)F. The highest BCUT2D eigenvalue weighted by Gasteiger charge is 2.45. The van der Waals surface area contributed by atoms with E-state index < -0.39 is 42.1 Å². The van der Waals surface area contributed by atoms with Gasteiger partial charge >= 0.3 is 18.5 Å². The van der Waals surface area contributed by atoms with E-state index in [9.17, 15) is 22.8 Å². The van der Waals surface area contributed by atoms with Gasteiger partial charge in [0.1, 0.15) is 11.9 Å². The third kappa shape index (κ3) is 7.30. The summed E-state index contributed by atoms with van der Waals surface area (Å²) in [7, 11) is 0. The van der Waals surface area contributed by atoms with Gasteiger partial charge in [-0.1, -0.05) is 44.9 Å². The number of benzene rings is 1. The predicted octanol–water partition coefficient (Wildman–Crippen LogP) is 6.29. The number of allylic oxidation sites excluding steroid dienone is 1. The zero-order valence-corrected chi connectivity index (χ0v) is 19.9. The number of rotatable bonds is 9. The summed E-state index contributed by atoms with van der Waals surface area (Å²) in [4.78, 5) is 24.6. The smallest absolute Gasteiger partial charge is 0.434 e. The van der Waals surface area contributed by atoms with Gasteiger partial charge in [-0.25, -0.2) is 9.59 Å². The Labute approximate surface area is 197 Å². The lowest BCUT2D eigenvalue weighted by molar-refractivity contribution is -0.138. The van der Waals surface area contributed by atoms with Gasteiger partial charge in [-0.2, -0.15) is 13.2 Å². The number of nitrogens with one attached hydrogen (secondary N) is 1. The molecule has 0 amide bonds. The van der Waals surface area contributed by atoms with Gasteiger partial charge in [0.05, 0.1) is 30.7 Å². The number of ether oxygens (including phenoxy) is 4. The molecule has 0 aliphatic carbocycles. The fourth-order valence-electron chi connectivity index (χ4n) is 3.68. The lowest BCUT2D eigenvalue weighted by Crippen LogP contribution is -2.49. The van der Waals surface area contributed by atoms with Gasteiger partial charge in [-0.3, -0.25) is 0 Å². The number of alkyl halides is 3. The predicted molar refractivity (Wildman–Crippen MR) is 118 cm³/mol. The van der Waals surface area contributed by atoms with Gasteiger partial charge in [-0.15, -0.1) is 0 Å². The summed E-state index contributed by atoms with van der Waals surface area (Å²) in [6.07, 6.45) is -5.09. The summed E-state index contributed by atoms with van der Waals surface area (Å²) in [6.45, 7) is 7.30. The second-order valence-electron chi connectivity index (χ2n) is 8.07. The Bertz CT molecular complexity index is 871.